The smallest absolute Gasteiger partial charge is 0.271 e. The summed E-state index contributed by atoms with van der Waals surface area (Å²) in [4.78, 5) is 10.3. The van der Waals surface area contributed by atoms with Crippen LogP contribution in [-0.2, 0) is 4.74 Å². The molecule has 17 heavy (non-hydrogen) atoms. The molecule has 1 N–H and O–H groups in total. The molecular weight excluding hydrogens is 288 g/mol. The number of hydrogen-bond acceptors (Lipinski definition) is 4. The Morgan fingerprint density at radius 1 is 1.59 bits per heavy atom. The molecule has 0 aliphatic carbocycles. The van der Waals surface area contributed by atoms with Crippen molar-refractivity contribution in [1.29, 1.82) is 0 Å². The predicted octanol–water partition coefficient (Wildman–Crippen LogP) is 3.19. The molecule has 0 radical (unpaired) electrons. The maximum atomic E-state index is 10.7. The first-order valence-electron chi connectivity index (χ1n) is 5.24. The number of halogens is 1. The molecule has 0 amide bonds. The molecule has 0 heterocycles. The second-order valence-electron chi connectivity index (χ2n) is 3.75. The summed E-state index contributed by atoms with van der Waals surface area (Å²) in [6.45, 7) is 2.66. The fourth-order valence-electron chi connectivity index (χ4n) is 1.37. The Morgan fingerprint density at radius 3 is 2.88 bits per heavy atom. The van der Waals surface area contributed by atoms with E-state index in [-0.39, 0.29) is 11.7 Å². The van der Waals surface area contributed by atoms with E-state index in [9.17, 15) is 10.1 Å². The molecular formula is C11H15BrN2O3. The number of non-ortho nitro benzene ring substituents is 1. The third-order valence-corrected chi connectivity index (χ3v) is 3.01. The van der Waals surface area contributed by atoms with Gasteiger partial charge in [-0.2, -0.15) is 0 Å². The molecule has 0 spiro atoms. The molecule has 0 saturated heterocycles. The minimum absolute atomic E-state index is 0.0784. The van der Waals surface area contributed by atoms with Crippen LogP contribution in [0, 0.1) is 10.1 Å². The molecule has 0 aliphatic heterocycles. The third kappa shape index (κ3) is 4.32. The number of benzene rings is 1. The molecule has 0 bridgehead atoms. The highest BCUT2D eigenvalue weighted by atomic mass is 79.9. The number of anilines is 1. The van der Waals surface area contributed by atoms with Crippen LogP contribution < -0.4 is 5.32 Å². The van der Waals surface area contributed by atoms with E-state index >= 15 is 0 Å². The number of ether oxygens (including phenoxy) is 1. The Kier molecular flexibility index (Phi) is 5.37. The van der Waals surface area contributed by atoms with E-state index in [1.165, 1.54) is 12.1 Å². The highest BCUT2D eigenvalue weighted by Crippen LogP contribution is 2.27. The molecule has 1 atom stereocenters. The van der Waals surface area contributed by atoms with Crippen molar-refractivity contribution < 1.29 is 9.66 Å². The van der Waals surface area contributed by atoms with Crippen molar-refractivity contribution >= 4 is 27.3 Å². The van der Waals surface area contributed by atoms with Gasteiger partial charge in [-0.25, -0.2) is 0 Å². The second kappa shape index (κ2) is 6.56. The van der Waals surface area contributed by atoms with Crippen LogP contribution in [0.5, 0.6) is 0 Å². The Hall–Kier alpha value is -1.14. The van der Waals surface area contributed by atoms with Crippen LogP contribution in [0.2, 0.25) is 0 Å². The third-order valence-electron chi connectivity index (χ3n) is 2.32. The molecule has 1 unspecified atom stereocenters. The summed E-state index contributed by atoms with van der Waals surface area (Å²) < 4.78 is 5.79. The van der Waals surface area contributed by atoms with Crippen LogP contribution >= 0.6 is 15.9 Å². The van der Waals surface area contributed by atoms with Gasteiger partial charge in [-0.3, -0.25) is 10.1 Å². The van der Waals surface area contributed by atoms with Gasteiger partial charge in [-0.15, -0.1) is 0 Å². The number of nitrogens with one attached hydrogen (secondary N) is 1. The summed E-state index contributed by atoms with van der Waals surface area (Å²) in [5.74, 6) is 0. The van der Waals surface area contributed by atoms with Crippen LogP contribution in [0.4, 0.5) is 11.4 Å². The van der Waals surface area contributed by atoms with E-state index in [2.05, 4.69) is 21.2 Å². The van der Waals surface area contributed by atoms with Gasteiger partial charge in [0.1, 0.15) is 0 Å². The molecule has 5 nitrogen and oxygen atoms in total. The minimum Gasteiger partial charge on any atom is -0.385 e. The minimum atomic E-state index is -0.405. The van der Waals surface area contributed by atoms with Crippen molar-refractivity contribution in [3.05, 3.63) is 32.8 Å². The number of nitro benzene ring substituents is 1. The van der Waals surface area contributed by atoms with E-state index in [0.717, 1.165) is 16.6 Å². The molecule has 0 fully saturated rings. The molecule has 6 heteroatoms. The average molecular weight is 303 g/mol. The summed E-state index contributed by atoms with van der Waals surface area (Å²) in [7, 11) is 1.65. The zero-order chi connectivity index (χ0) is 12.8. The van der Waals surface area contributed by atoms with Crippen LogP contribution in [0.15, 0.2) is 22.7 Å². The van der Waals surface area contributed by atoms with Gasteiger partial charge in [0.25, 0.3) is 5.69 Å². The molecule has 1 rings (SSSR count). The Balaban J connectivity index is 2.75. The number of nitrogens with zero attached hydrogens (tertiary/aromatic N) is 1. The van der Waals surface area contributed by atoms with Crippen molar-refractivity contribution in [3.63, 3.8) is 0 Å². The fourth-order valence-corrected chi connectivity index (χ4v) is 1.73. The molecule has 0 saturated carbocycles. The van der Waals surface area contributed by atoms with Gasteiger partial charge in [-0.05, 0) is 35.3 Å². The Labute approximate surface area is 108 Å². The molecule has 94 valence electrons. The van der Waals surface area contributed by atoms with E-state index in [1.54, 1.807) is 13.2 Å². The molecule has 1 aromatic rings. The van der Waals surface area contributed by atoms with E-state index < -0.39 is 4.92 Å². The lowest BCUT2D eigenvalue weighted by Gasteiger charge is -2.15. The van der Waals surface area contributed by atoms with Crippen molar-refractivity contribution in [3.8, 4) is 0 Å². The van der Waals surface area contributed by atoms with Crippen LogP contribution in [0.1, 0.15) is 13.3 Å². The zero-order valence-electron chi connectivity index (χ0n) is 9.77. The van der Waals surface area contributed by atoms with Gasteiger partial charge in [-0.1, -0.05) is 0 Å². The SMILES string of the molecule is COCCC(C)Nc1cc([N+](=O)[O-])ccc1Br. The fraction of sp³-hybridized carbons (Fsp3) is 0.455. The molecule has 1 aromatic carbocycles. The maximum absolute atomic E-state index is 10.7. The molecule has 0 aliphatic rings. The quantitative estimate of drug-likeness (QED) is 0.647. The van der Waals surface area contributed by atoms with Gasteiger partial charge in [0.2, 0.25) is 0 Å². The van der Waals surface area contributed by atoms with Crippen LogP contribution in [0.25, 0.3) is 0 Å². The average Bonchev–Trinajstić information content (AvgIpc) is 2.29. The largest absolute Gasteiger partial charge is 0.385 e. The van der Waals surface area contributed by atoms with E-state index in [1.807, 2.05) is 6.92 Å². The topological polar surface area (TPSA) is 64.4 Å². The number of hydrogen-bond donors (Lipinski definition) is 1. The van der Waals surface area contributed by atoms with Crippen LogP contribution in [0.3, 0.4) is 0 Å². The van der Waals surface area contributed by atoms with Crippen molar-refractivity contribution in [2.24, 2.45) is 0 Å². The predicted molar refractivity (Wildman–Crippen MR) is 70.4 cm³/mol. The maximum Gasteiger partial charge on any atom is 0.271 e. The number of rotatable bonds is 6. The van der Waals surface area contributed by atoms with Crippen molar-refractivity contribution in [2.75, 3.05) is 19.0 Å². The summed E-state index contributed by atoms with van der Waals surface area (Å²) in [5, 5.41) is 13.9. The lowest BCUT2D eigenvalue weighted by atomic mass is 10.2. The highest BCUT2D eigenvalue weighted by molar-refractivity contribution is 9.10. The van der Waals surface area contributed by atoms with Gasteiger partial charge < -0.3 is 10.1 Å². The Morgan fingerprint density at radius 2 is 2.29 bits per heavy atom. The summed E-state index contributed by atoms with van der Waals surface area (Å²) in [5.41, 5.74) is 0.803. The van der Waals surface area contributed by atoms with Gasteiger partial charge in [0.05, 0.1) is 10.6 Å². The monoisotopic (exact) mass is 302 g/mol. The van der Waals surface area contributed by atoms with Crippen LogP contribution in [-0.4, -0.2) is 24.7 Å². The zero-order valence-corrected chi connectivity index (χ0v) is 11.4. The normalized spacial score (nSPS) is 12.2. The first-order valence-corrected chi connectivity index (χ1v) is 6.03. The second-order valence-corrected chi connectivity index (χ2v) is 4.60. The van der Waals surface area contributed by atoms with Crippen molar-refractivity contribution in [2.45, 2.75) is 19.4 Å². The Bertz CT molecular complexity index is 398. The first-order chi connectivity index (χ1) is 8.04. The van der Waals surface area contributed by atoms with E-state index in [0.29, 0.717) is 6.61 Å². The van der Waals surface area contributed by atoms with Gasteiger partial charge in [0, 0.05) is 36.4 Å². The summed E-state index contributed by atoms with van der Waals surface area (Å²) in [6, 6.07) is 4.85. The number of nitro groups is 1. The van der Waals surface area contributed by atoms with Crippen molar-refractivity contribution in [1.82, 2.24) is 0 Å². The lowest BCUT2D eigenvalue weighted by molar-refractivity contribution is -0.384. The van der Waals surface area contributed by atoms with E-state index in [4.69, 9.17) is 4.74 Å². The standard InChI is InChI=1S/C11H15BrN2O3/c1-8(5-6-17-2)13-11-7-9(14(15)16)3-4-10(11)12/h3-4,7-8,13H,5-6H2,1-2H3. The highest BCUT2D eigenvalue weighted by Gasteiger charge is 2.11. The lowest BCUT2D eigenvalue weighted by Crippen LogP contribution is -2.17. The first kappa shape index (κ1) is 13.9. The summed E-state index contributed by atoms with van der Waals surface area (Å²) >= 11 is 3.36. The van der Waals surface area contributed by atoms with Gasteiger partial charge in [0.15, 0.2) is 0 Å². The van der Waals surface area contributed by atoms with Gasteiger partial charge >= 0.3 is 0 Å². The molecule has 0 aromatic heterocycles. The summed E-state index contributed by atoms with van der Waals surface area (Å²) in [6.07, 6.45) is 0.839. The number of methoxy groups -OCH3 is 1.